The van der Waals surface area contributed by atoms with Crippen LogP contribution in [0.25, 0.3) is 0 Å². The molecule has 0 bridgehead atoms. The van der Waals surface area contributed by atoms with Crippen LogP contribution in [0, 0.1) is 0 Å². The SMILES string of the molecule is CNc1ncnc(N(CCCO)C2CCC2)c1OC. The topological polar surface area (TPSA) is 70.5 Å². The molecule has 2 rings (SSSR count). The van der Waals surface area contributed by atoms with E-state index in [1.165, 1.54) is 19.3 Å². The van der Waals surface area contributed by atoms with Gasteiger partial charge in [-0.25, -0.2) is 9.97 Å². The number of hydrogen-bond donors (Lipinski definition) is 2. The van der Waals surface area contributed by atoms with Gasteiger partial charge in [-0.2, -0.15) is 0 Å². The first-order valence-electron chi connectivity index (χ1n) is 6.76. The van der Waals surface area contributed by atoms with Gasteiger partial charge in [-0.05, 0) is 25.7 Å². The predicted octanol–water partition coefficient (Wildman–Crippen LogP) is 1.27. The van der Waals surface area contributed by atoms with Crippen LogP contribution in [0.15, 0.2) is 6.33 Å². The highest BCUT2D eigenvalue weighted by Crippen LogP contribution is 2.36. The average Bonchev–Trinajstić information content (AvgIpc) is 2.40. The molecule has 0 unspecified atom stereocenters. The van der Waals surface area contributed by atoms with Crippen molar-refractivity contribution in [3.8, 4) is 5.75 Å². The molecule has 0 aromatic carbocycles. The normalized spacial score (nSPS) is 14.9. The van der Waals surface area contributed by atoms with Gasteiger partial charge in [0.25, 0.3) is 0 Å². The lowest BCUT2D eigenvalue weighted by molar-refractivity contribution is 0.282. The Kier molecular flexibility index (Phi) is 4.79. The highest BCUT2D eigenvalue weighted by Gasteiger charge is 2.28. The standard InChI is InChI=1S/C13H22N4O2/c1-14-12-11(19-2)13(16-9-15-12)17(7-4-8-18)10-5-3-6-10/h9-10,18H,3-8H2,1-2H3,(H,14,15,16). The summed E-state index contributed by atoms with van der Waals surface area (Å²) in [4.78, 5) is 10.8. The maximum absolute atomic E-state index is 9.06. The lowest BCUT2D eigenvalue weighted by Gasteiger charge is -2.39. The summed E-state index contributed by atoms with van der Waals surface area (Å²) in [5, 5.41) is 12.1. The Morgan fingerprint density at radius 3 is 2.79 bits per heavy atom. The second-order valence-electron chi connectivity index (χ2n) is 4.68. The van der Waals surface area contributed by atoms with E-state index in [-0.39, 0.29) is 6.61 Å². The average molecular weight is 266 g/mol. The molecule has 6 nitrogen and oxygen atoms in total. The summed E-state index contributed by atoms with van der Waals surface area (Å²) in [6, 6.07) is 0.500. The molecular weight excluding hydrogens is 244 g/mol. The van der Waals surface area contributed by atoms with E-state index >= 15 is 0 Å². The molecule has 0 radical (unpaired) electrons. The van der Waals surface area contributed by atoms with Crippen molar-refractivity contribution in [1.82, 2.24) is 9.97 Å². The van der Waals surface area contributed by atoms with E-state index in [2.05, 4.69) is 20.2 Å². The zero-order valence-electron chi connectivity index (χ0n) is 11.6. The van der Waals surface area contributed by atoms with Crippen LogP contribution in [-0.4, -0.2) is 48.4 Å². The van der Waals surface area contributed by atoms with Gasteiger partial charge < -0.3 is 20.1 Å². The zero-order valence-corrected chi connectivity index (χ0v) is 11.6. The minimum absolute atomic E-state index is 0.190. The van der Waals surface area contributed by atoms with Crippen molar-refractivity contribution in [2.24, 2.45) is 0 Å². The number of rotatable bonds is 7. The molecule has 106 valence electrons. The molecule has 1 aromatic rings. The van der Waals surface area contributed by atoms with Crippen LogP contribution in [0.4, 0.5) is 11.6 Å². The number of aliphatic hydroxyl groups excluding tert-OH is 1. The number of nitrogens with zero attached hydrogens (tertiary/aromatic N) is 3. The number of nitrogens with one attached hydrogen (secondary N) is 1. The van der Waals surface area contributed by atoms with Crippen molar-refractivity contribution >= 4 is 11.6 Å². The van der Waals surface area contributed by atoms with Crippen LogP contribution in [0.5, 0.6) is 5.75 Å². The first kappa shape index (κ1) is 13.9. The minimum Gasteiger partial charge on any atom is -0.490 e. The number of aliphatic hydroxyl groups is 1. The van der Waals surface area contributed by atoms with E-state index in [0.29, 0.717) is 17.6 Å². The quantitative estimate of drug-likeness (QED) is 0.774. The molecule has 2 N–H and O–H groups in total. The van der Waals surface area contributed by atoms with E-state index in [1.807, 2.05) is 7.05 Å². The van der Waals surface area contributed by atoms with Crippen LogP contribution in [-0.2, 0) is 0 Å². The van der Waals surface area contributed by atoms with E-state index in [4.69, 9.17) is 9.84 Å². The number of ether oxygens (including phenoxy) is 1. The van der Waals surface area contributed by atoms with Crippen molar-refractivity contribution < 1.29 is 9.84 Å². The van der Waals surface area contributed by atoms with Crippen molar-refractivity contribution in [3.63, 3.8) is 0 Å². The summed E-state index contributed by atoms with van der Waals surface area (Å²) in [5.74, 6) is 2.19. The van der Waals surface area contributed by atoms with E-state index < -0.39 is 0 Å². The van der Waals surface area contributed by atoms with Gasteiger partial charge in [0, 0.05) is 26.2 Å². The fraction of sp³-hybridized carbons (Fsp3) is 0.692. The van der Waals surface area contributed by atoms with Gasteiger partial charge in [0.05, 0.1) is 7.11 Å². The van der Waals surface area contributed by atoms with Crippen LogP contribution in [0.2, 0.25) is 0 Å². The molecule has 0 amide bonds. The van der Waals surface area contributed by atoms with Gasteiger partial charge in [0.2, 0.25) is 5.75 Å². The maximum Gasteiger partial charge on any atom is 0.204 e. The third-order valence-corrected chi connectivity index (χ3v) is 3.57. The Morgan fingerprint density at radius 1 is 1.47 bits per heavy atom. The Morgan fingerprint density at radius 2 is 2.26 bits per heavy atom. The largest absolute Gasteiger partial charge is 0.490 e. The molecule has 1 aromatic heterocycles. The molecule has 1 saturated carbocycles. The second-order valence-corrected chi connectivity index (χ2v) is 4.68. The van der Waals surface area contributed by atoms with Gasteiger partial charge in [-0.3, -0.25) is 0 Å². The molecule has 0 spiro atoms. The molecule has 0 aliphatic heterocycles. The van der Waals surface area contributed by atoms with Crippen molar-refractivity contribution in [2.45, 2.75) is 31.7 Å². The molecule has 0 saturated heterocycles. The molecule has 1 heterocycles. The summed E-state index contributed by atoms with van der Waals surface area (Å²) in [6.45, 7) is 0.979. The molecule has 1 aliphatic rings. The number of hydrogen-bond acceptors (Lipinski definition) is 6. The van der Waals surface area contributed by atoms with Gasteiger partial charge >= 0.3 is 0 Å². The first-order valence-corrected chi connectivity index (χ1v) is 6.76. The fourth-order valence-corrected chi connectivity index (χ4v) is 2.34. The minimum atomic E-state index is 0.190. The summed E-state index contributed by atoms with van der Waals surface area (Å²) in [5.41, 5.74) is 0. The smallest absolute Gasteiger partial charge is 0.204 e. The van der Waals surface area contributed by atoms with Crippen LogP contribution >= 0.6 is 0 Å². The number of aromatic nitrogens is 2. The summed E-state index contributed by atoms with van der Waals surface area (Å²) < 4.78 is 5.46. The van der Waals surface area contributed by atoms with E-state index in [9.17, 15) is 0 Å². The van der Waals surface area contributed by atoms with Crippen LogP contribution < -0.4 is 15.0 Å². The van der Waals surface area contributed by atoms with Gasteiger partial charge in [0.1, 0.15) is 6.33 Å². The van der Waals surface area contributed by atoms with E-state index in [1.54, 1.807) is 13.4 Å². The second kappa shape index (κ2) is 6.56. The van der Waals surface area contributed by atoms with Crippen molar-refractivity contribution in [1.29, 1.82) is 0 Å². The number of methoxy groups -OCH3 is 1. The Balaban J connectivity index is 2.28. The van der Waals surface area contributed by atoms with Crippen molar-refractivity contribution in [2.75, 3.05) is 37.5 Å². The molecular formula is C13H22N4O2. The first-order chi connectivity index (χ1) is 9.31. The molecule has 19 heavy (non-hydrogen) atoms. The molecule has 0 atom stereocenters. The summed E-state index contributed by atoms with van der Waals surface area (Å²) in [6.07, 6.45) is 5.89. The zero-order chi connectivity index (χ0) is 13.7. The third kappa shape index (κ3) is 2.89. The van der Waals surface area contributed by atoms with E-state index in [0.717, 1.165) is 18.8 Å². The predicted molar refractivity (Wildman–Crippen MR) is 74.8 cm³/mol. The lowest BCUT2D eigenvalue weighted by Crippen LogP contribution is -2.42. The Bertz CT molecular complexity index is 410. The lowest BCUT2D eigenvalue weighted by atomic mass is 9.91. The van der Waals surface area contributed by atoms with Gasteiger partial charge in [-0.15, -0.1) is 0 Å². The summed E-state index contributed by atoms with van der Waals surface area (Å²) in [7, 11) is 3.45. The monoisotopic (exact) mass is 266 g/mol. The Hall–Kier alpha value is -1.56. The molecule has 6 heteroatoms. The van der Waals surface area contributed by atoms with Crippen LogP contribution in [0.3, 0.4) is 0 Å². The van der Waals surface area contributed by atoms with Gasteiger partial charge in [0.15, 0.2) is 11.6 Å². The van der Waals surface area contributed by atoms with Crippen molar-refractivity contribution in [3.05, 3.63) is 6.33 Å². The van der Waals surface area contributed by atoms with Gasteiger partial charge in [-0.1, -0.05) is 0 Å². The third-order valence-electron chi connectivity index (χ3n) is 3.57. The highest BCUT2D eigenvalue weighted by molar-refractivity contribution is 5.65. The highest BCUT2D eigenvalue weighted by atomic mass is 16.5. The Labute approximate surface area is 113 Å². The van der Waals surface area contributed by atoms with Crippen LogP contribution in [0.1, 0.15) is 25.7 Å². The molecule has 1 fully saturated rings. The summed E-state index contributed by atoms with van der Waals surface area (Å²) >= 11 is 0. The maximum atomic E-state index is 9.06. The fourth-order valence-electron chi connectivity index (χ4n) is 2.34. The molecule has 1 aliphatic carbocycles. The number of anilines is 2.